The van der Waals surface area contributed by atoms with Crippen LogP contribution in [0, 0.1) is 11.8 Å². The van der Waals surface area contributed by atoms with E-state index in [2.05, 4.69) is 41.5 Å². The van der Waals surface area contributed by atoms with Crippen molar-refractivity contribution in [2.45, 2.75) is 330 Å². The van der Waals surface area contributed by atoms with Crippen LogP contribution in [0.3, 0.4) is 0 Å². The molecular formula is C63H122O17P2. The van der Waals surface area contributed by atoms with Crippen LogP contribution in [0.15, 0.2) is 0 Å². The van der Waals surface area contributed by atoms with Crippen molar-refractivity contribution >= 4 is 39.5 Å². The van der Waals surface area contributed by atoms with E-state index in [4.69, 9.17) is 37.0 Å². The van der Waals surface area contributed by atoms with Gasteiger partial charge in [0.25, 0.3) is 0 Å². The first-order valence-corrected chi connectivity index (χ1v) is 36.0. The van der Waals surface area contributed by atoms with Gasteiger partial charge in [-0.1, -0.05) is 260 Å². The SMILES string of the molecule is CCCCCCCCCCC(=O)OC[C@H](COP(=O)(O)OC[C@H](O)COP(=O)(O)OC[C@@H](COC(=O)CCCCCCCCCCCCC(C)C)OC(=O)CCCCCCCCCCCCC(C)C)OC(=O)CCCCCCCCCC. The highest BCUT2D eigenvalue weighted by Gasteiger charge is 2.30. The number of carbonyl (C=O) groups is 4. The molecule has 486 valence electrons. The average molecular weight is 1210 g/mol. The van der Waals surface area contributed by atoms with E-state index >= 15 is 0 Å². The van der Waals surface area contributed by atoms with E-state index in [-0.39, 0.29) is 25.7 Å². The zero-order chi connectivity index (χ0) is 60.8. The van der Waals surface area contributed by atoms with Crippen LogP contribution in [-0.2, 0) is 65.4 Å². The van der Waals surface area contributed by atoms with Crippen molar-refractivity contribution in [2.24, 2.45) is 11.8 Å². The van der Waals surface area contributed by atoms with E-state index in [9.17, 15) is 43.2 Å². The molecule has 0 aliphatic carbocycles. The number of esters is 4. The van der Waals surface area contributed by atoms with Gasteiger partial charge in [-0.2, -0.15) is 0 Å². The van der Waals surface area contributed by atoms with E-state index in [0.29, 0.717) is 25.7 Å². The molecule has 0 aromatic rings. The quantitative estimate of drug-likeness (QED) is 0.0222. The molecule has 0 rings (SSSR count). The van der Waals surface area contributed by atoms with Crippen molar-refractivity contribution in [2.75, 3.05) is 39.6 Å². The summed E-state index contributed by atoms with van der Waals surface area (Å²) in [7, 11) is -9.88. The van der Waals surface area contributed by atoms with Gasteiger partial charge in [-0.05, 0) is 37.5 Å². The lowest BCUT2D eigenvalue weighted by atomic mass is 10.0. The van der Waals surface area contributed by atoms with Crippen molar-refractivity contribution in [1.29, 1.82) is 0 Å². The molecule has 0 aromatic heterocycles. The average Bonchev–Trinajstić information content (AvgIpc) is 3.44. The number of carbonyl (C=O) groups excluding carboxylic acids is 4. The van der Waals surface area contributed by atoms with Gasteiger partial charge in [0.2, 0.25) is 0 Å². The lowest BCUT2D eigenvalue weighted by Crippen LogP contribution is -2.30. The maximum absolute atomic E-state index is 13.0. The highest BCUT2D eigenvalue weighted by molar-refractivity contribution is 7.47. The van der Waals surface area contributed by atoms with Crippen LogP contribution in [0.1, 0.15) is 311 Å². The number of unbranched alkanes of at least 4 members (excludes halogenated alkanes) is 32. The zero-order valence-electron chi connectivity index (χ0n) is 52.8. The largest absolute Gasteiger partial charge is 0.472 e. The van der Waals surface area contributed by atoms with E-state index < -0.39 is 97.5 Å². The van der Waals surface area contributed by atoms with E-state index in [1.165, 1.54) is 116 Å². The molecule has 0 fully saturated rings. The third kappa shape index (κ3) is 57.2. The van der Waals surface area contributed by atoms with E-state index in [0.717, 1.165) is 115 Å². The normalized spacial score (nSPS) is 14.3. The maximum atomic E-state index is 13.0. The van der Waals surface area contributed by atoms with Crippen molar-refractivity contribution in [1.82, 2.24) is 0 Å². The Hall–Kier alpha value is -1.94. The monoisotopic (exact) mass is 1210 g/mol. The first kappa shape index (κ1) is 80.1. The van der Waals surface area contributed by atoms with Gasteiger partial charge in [0.1, 0.15) is 19.3 Å². The van der Waals surface area contributed by atoms with Crippen molar-refractivity contribution < 1.29 is 80.2 Å². The predicted molar refractivity (Wildman–Crippen MR) is 326 cm³/mol. The Morgan fingerprint density at radius 3 is 0.829 bits per heavy atom. The fraction of sp³-hybridized carbons (Fsp3) is 0.937. The van der Waals surface area contributed by atoms with Crippen LogP contribution in [0.5, 0.6) is 0 Å². The summed E-state index contributed by atoms with van der Waals surface area (Å²) < 4.78 is 67.8. The molecular weight excluding hydrogens is 1090 g/mol. The summed E-state index contributed by atoms with van der Waals surface area (Å²) in [6.45, 7) is 9.42. The minimum absolute atomic E-state index is 0.104. The first-order valence-electron chi connectivity index (χ1n) is 33.0. The third-order valence-electron chi connectivity index (χ3n) is 14.5. The molecule has 0 aliphatic rings. The van der Waals surface area contributed by atoms with Crippen LogP contribution in [0.25, 0.3) is 0 Å². The molecule has 5 atom stereocenters. The Labute approximate surface area is 498 Å². The van der Waals surface area contributed by atoms with E-state index in [1.807, 2.05) is 0 Å². The number of hydrogen-bond acceptors (Lipinski definition) is 15. The van der Waals surface area contributed by atoms with Crippen molar-refractivity contribution in [3.8, 4) is 0 Å². The summed E-state index contributed by atoms with van der Waals surface area (Å²) in [6, 6.07) is 0. The molecule has 17 nitrogen and oxygen atoms in total. The fourth-order valence-electron chi connectivity index (χ4n) is 9.35. The standard InChI is InChI=1S/C63H122O17P2/c1-7-9-11-13-15-27-33-39-45-60(65)73-51-58(79-62(67)47-41-35-28-16-14-12-10-8-2)53-77-81(69,70)75-49-57(64)50-76-82(71,72)78-54-59(80-63(68)48-42-36-30-24-20-18-22-26-32-38-44-56(5)6)52-74-61(66)46-40-34-29-23-19-17-21-25-31-37-43-55(3)4/h55-59,64H,7-54H2,1-6H3,(H,69,70)(H,71,72)/t57-,58+,59+/m0/s1. The van der Waals surface area contributed by atoms with Gasteiger partial charge in [0, 0.05) is 25.7 Å². The van der Waals surface area contributed by atoms with Crippen LogP contribution in [-0.4, -0.2) is 96.7 Å². The van der Waals surface area contributed by atoms with Crippen LogP contribution in [0.4, 0.5) is 0 Å². The van der Waals surface area contributed by atoms with Gasteiger partial charge in [0.15, 0.2) is 12.2 Å². The lowest BCUT2D eigenvalue weighted by Gasteiger charge is -2.21. The van der Waals surface area contributed by atoms with Gasteiger partial charge in [0.05, 0.1) is 26.4 Å². The Morgan fingerprint density at radius 1 is 0.329 bits per heavy atom. The first-order chi connectivity index (χ1) is 39.4. The van der Waals surface area contributed by atoms with Crippen molar-refractivity contribution in [3.63, 3.8) is 0 Å². The highest BCUT2D eigenvalue weighted by atomic mass is 31.2. The van der Waals surface area contributed by atoms with E-state index in [1.54, 1.807) is 0 Å². The number of aliphatic hydroxyl groups excluding tert-OH is 1. The maximum Gasteiger partial charge on any atom is 0.472 e. The Kier molecular flexibility index (Phi) is 54.3. The number of phosphoric acid groups is 2. The smallest absolute Gasteiger partial charge is 0.462 e. The van der Waals surface area contributed by atoms with Crippen LogP contribution in [0.2, 0.25) is 0 Å². The van der Waals surface area contributed by atoms with Gasteiger partial charge < -0.3 is 33.8 Å². The Morgan fingerprint density at radius 2 is 0.561 bits per heavy atom. The molecule has 0 amide bonds. The van der Waals surface area contributed by atoms with Crippen molar-refractivity contribution in [3.05, 3.63) is 0 Å². The third-order valence-corrected chi connectivity index (χ3v) is 16.4. The molecule has 0 bridgehead atoms. The molecule has 0 heterocycles. The summed E-state index contributed by atoms with van der Waals surface area (Å²) in [4.78, 5) is 72.0. The van der Waals surface area contributed by atoms with Gasteiger partial charge in [-0.3, -0.25) is 37.3 Å². The number of rotatable bonds is 62. The second kappa shape index (κ2) is 55.6. The topological polar surface area (TPSA) is 237 Å². The summed E-state index contributed by atoms with van der Waals surface area (Å²) in [6.07, 6.45) is 37.6. The minimum Gasteiger partial charge on any atom is -0.462 e. The Balaban J connectivity index is 5.21. The van der Waals surface area contributed by atoms with Crippen LogP contribution < -0.4 is 0 Å². The molecule has 0 saturated carbocycles. The second-order valence-corrected chi connectivity index (χ2v) is 26.7. The Bertz CT molecular complexity index is 1620. The molecule has 0 aliphatic heterocycles. The minimum atomic E-state index is -4.94. The van der Waals surface area contributed by atoms with Gasteiger partial charge in [-0.25, -0.2) is 9.13 Å². The summed E-state index contributed by atoms with van der Waals surface area (Å²) in [5.41, 5.74) is 0. The van der Waals surface area contributed by atoms with Crippen LogP contribution >= 0.6 is 15.6 Å². The fourth-order valence-corrected chi connectivity index (χ4v) is 10.9. The molecule has 3 N–H and O–H groups in total. The molecule has 0 aromatic carbocycles. The van der Waals surface area contributed by atoms with Gasteiger partial charge >= 0.3 is 39.5 Å². The molecule has 0 saturated heterocycles. The molecule has 19 heteroatoms. The number of ether oxygens (including phenoxy) is 4. The summed E-state index contributed by atoms with van der Waals surface area (Å²) >= 11 is 0. The molecule has 82 heavy (non-hydrogen) atoms. The van der Waals surface area contributed by atoms with Gasteiger partial charge in [-0.15, -0.1) is 0 Å². The summed E-state index contributed by atoms with van der Waals surface area (Å²) in [5, 5.41) is 10.5. The number of phosphoric ester groups is 2. The molecule has 2 unspecified atom stereocenters. The zero-order valence-corrected chi connectivity index (χ0v) is 54.6. The predicted octanol–water partition coefficient (Wildman–Crippen LogP) is 17.3. The molecule has 0 radical (unpaired) electrons. The summed E-state index contributed by atoms with van der Waals surface area (Å²) in [5.74, 6) is -0.629. The number of hydrogen-bond donors (Lipinski definition) is 3. The lowest BCUT2D eigenvalue weighted by molar-refractivity contribution is -0.161. The number of aliphatic hydroxyl groups is 1. The second-order valence-electron chi connectivity index (χ2n) is 23.7. The highest BCUT2D eigenvalue weighted by Crippen LogP contribution is 2.45. The molecule has 0 spiro atoms.